The lowest BCUT2D eigenvalue weighted by Gasteiger charge is -2.37. The summed E-state index contributed by atoms with van der Waals surface area (Å²) in [7, 11) is 0. The fourth-order valence-corrected chi connectivity index (χ4v) is 4.96. The second-order valence-corrected chi connectivity index (χ2v) is 8.71. The molecule has 3 aromatic rings. The highest BCUT2D eigenvalue weighted by atomic mass is 16.6. The van der Waals surface area contributed by atoms with Crippen LogP contribution in [-0.4, -0.2) is 43.4 Å². The molecular formula is C28H28N2O6. The van der Waals surface area contributed by atoms with Crippen molar-refractivity contribution in [2.24, 2.45) is 0 Å². The fourth-order valence-electron chi connectivity index (χ4n) is 4.96. The number of carbonyl (C=O) groups excluding carboxylic acids is 2. The van der Waals surface area contributed by atoms with Crippen LogP contribution in [-0.2, 0) is 19.9 Å². The quantitative estimate of drug-likeness (QED) is 0.373. The van der Waals surface area contributed by atoms with Crippen molar-refractivity contribution in [1.29, 1.82) is 0 Å². The van der Waals surface area contributed by atoms with Crippen molar-refractivity contribution in [3.63, 3.8) is 0 Å². The molecule has 0 aliphatic carbocycles. The van der Waals surface area contributed by atoms with Gasteiger partial charge < -0.3 is 19.1 Å². The predicted octanol–water partition coefficient (Wildman–Crippen LogP) is 4.86. The number of hydrogen-bond acceptors (Lipinski definition) is 8. The van der Waals surface area contributed by atoms with Gasteiger partial charge in [0.1, 0.15) is 18.1 Å². The van der Waals surface area contributed by atoms with Crippen molar-refractivity contribution in [3.8, 4) is 11.5 Å². The first-order valence-corrected chi connectivity index (χ1v) is 12.0. The second kappa shape index (κ2) is 9.20. The number of hydroxylamine groups is 1. The van der Waals surface area contributed by atoms with Crippen molar-refractivity contribution >= 4 is 23.3 Å². The zero-order valence-electron chi connectivity index (χ0n) is 20.5. The van der Waals surface area contributed by atoms with Crippen LogP contribution in [0.1, 0.15) is 47.8 Å². The molecule has 0 fully saturated rings. The Morgan fingerprint density at radius 2 is 1.61 bits per heavy atom. The van der Waals surface area contributed by atoms with E-state index in [0.29, 0.717) is 47.9 Å². The maximum absolute atomic E-state index is 13.0. The van der Waals surface area contributed by atoms with E-state index in [-0.39, 0.29) is 12.6 Å². The zero-order valence-corrected chi connectivity index (χ0v) is 20.5. The van der Waals surface area contributed by atoms with Crippen LogP contribution >= 0.6 is 0 Å². The number of carbonyl (C=O) groups is 2. The third-order valence-electron chi connectivity index (χ3n) is 6.69. The molecule has 3 aromatic carbocycles. The highest BCUT2D eigenvalue weighted by Gasteiger charge is 2.53. The van der Waals surface area contributed by atoms with Crippen molar-refractivity contribution in [2.45, 2.75) is 26.4 Å². The molecule has 8 heteroatoms. The topological polar surface area (TPSA) is 88.5 Å². The lowest BCUT2D eigenvalue weighted by Crippen LogP contribution is -2.33. The number of likely N-dealkylation sites (N-methyl/N-ethyl adjacent to an activating group) is 1. The van der Waals surface area contributed by atoms with E-state index >= 15 is 0 Å². The molecular weight excluding hydrogens is 460 g/mol. The Bertz CT molecular complexity index is 1340. The molecule has 0 saturated carbocycles. The Morgan fingerprint density at radius 1 is 0.944 bits per heavy atom. The van der Waals surface area contributed by atoms with E-state index in [9.17, 15) is 14.8 Å². The number of fused-ring (bicyclic) bond motifs is 6. The maximum atomic E-state index is 13.0. The van der Waals surface area contributed by atoms with Crippen molar-refractivity contribution < 1.29 is 29.0 Å². The van der Waals surface area contributed by atoms with Gasteiger partial charge in [-0.05, 0) is 44.2 Å². The maximum Gasteiger partial charge on any atom is 0.340 e. The Labute approximate surface area is 209 Å². The summed E-state index contributed by atoms with van der Waals surface area (Å²) in [5.74, 6) is 0.332. The number of anilines is 2. The molecule has 1 unspecified atom stereocenters. The molecule has 8 nitrogen and oxygen atoms in total. The second-order valence-electron chi connectivity index (χ2n) is 8.71. The minimum atomic E-state index is -1.17. The van der Waals surface area contributed by atoms with Crippen LogP contribution in [0.4, 0.5) is 11.4 Å². The van der Waals surface area contributed by atoms with E-state index in [1.54, 1.807) is 18.2 Å². The number of hydrogen-bond donors (Lipinski definition) is 1. The highest BCUT2D eigenvalue weighted by Crippen LogP contribution is 2.57. The summed E-state index contributed by atoms with van der Waals surface area (Å²) < 4.78 is 17.7. The average molecular weight is 489 g/mol. The molecule has 1 N–H and O–H groups in total. The summed E-state index contributed by atoms with van der Waals surface area (Å²) in [5.41, 5.74) is 2.95. The number of benzene rings is 3. The van der Waals surface area contributed by atoms with Gasteiger partial charge in [0.15, 0.2) is 5.60 Å². The monoisotopic (exact) mass is 488 g/mol. The predicted molar refractivity (Wildman–Crippen MR) is 134 cm³/mol. The van der Waals surface area contributed by atoms with Gasteiger partial charge in [0.25, 0.3) is 0 Å². The normalized spacial score (nSPS) is 16.9. The molecule has 0 amide bonds. The summed E-state index contributed by atoms with van der Waals surface area (Å²) in [6.45, 7) is 7.14. The minimum Gasteiger partial charge on any atom is -0.464 e. The van der Waals surface area contributed by atoms with Crippen LogP contribution in [0, 0.1) is 0 Å². The molecule has 5 rings (SSSR count). The average Bonchev–Trinajstić information content (AvgIpc) is 3.18. The van der Waals surface area contributed by atoms with Crippen LogP contribution < -0.4 is 14.7 Å². The van der Waals surface area contributed by atoms with Crippen LogP contribution in [0.5, 0.6) is 11.5 Å². The number of esters is 2. The van der Waals surface area contributed by atoms with Crippen LogP contribution in [0.3, 0.4) is 0 Å². The van der Waals surface area contributed by atoms with Gasteiger partial charge in [-0.1, -0.05) is 18.2 Å². The highest BCUT2D eigenvalue weighted by molar-refractivity contribution is 5.97. The molecule has 36 heavy (non-hydrogen) atoms. The van der Waals surface area contributed by atoms with E-state index in [4.69, 9.17) is 14.2 Å². The Kier molecular flexibility index (Phi) is 6.05. The van der Waals surface area contributed by atoms with Crippen LogP contribution in [0.2, 0.25) is 0 Å². The molecule has 1 spiro atoms. The SMILES string of the molecule is CCN(O)c1ccc2c(c1)Oc1cc(N(CC)CCOC(C)=O)ccc1C21OC(=O)c2ccccc21. The molecule has 0 saturated heterocycles. The first kappa shape index (κ1) is 23.7. The van der Waals surface area contributed by atoms with Gasteiger partial charge in [-0.2, -0.15) is 0 Å². The van der Waals surface area contributed by atoms with E-state index in [2.05, 4.69) is 4.90 Å². The number of nitrogens with zero attached hydrogens (tertiary/aromatic N) is 2. The van der Waals surface area contributed by atoms with Gasteiger partial charge in [-0.15, -0.1) is 0 Å². The number of rotatable bonds is 7. The third-order valence-corrected chi connectivity index (χ3v) is 6.69. The van der Waals surface area contributed by atoms with Gasteiger partial charge in [0.2, 0.25) is 0 Å². The van der Waals surface area contributed by atoms with Gasteiger partial charge in [0.05, 0.1) is 17.8 Å². The van der Waals surface area contributed by atoms with E-state index in [1.165, 1.54) is 6.92 Å². The largest absolute Gasteiger partial charge is 0.464 e. The summed E-state index contributed by atoms with van der Waals surface area (Å²) in [4.78, 5) is 26.3. The van der Waals surface area contributed by atoms with Gasteiger partial charge in [-0.25, -0.2) is 4.79 Å². The molecule has 0 bridgehead atoms. The van der Waals surface area contributed by atoms with Crippen molar-refractivity contribution in [3.05, 3.63) is 82.9 Å². The third kappa shape index (κ3) is 3.74. The fraction of sp³-hybridized carbons (Fsp3) is 0.286. The smallest absolute Gasteiger partial charge is 0.340 e. The summed E-state index contributed by atoms with van der Waals surface area (Å²) >= 11 is 0. The Hall–Kier alpha value is -4.04. The minimum absolute atomic E-state index is 0.269. The molecule has 1 atom stereocenters. The first-order chi connectivity index (χ1) is 17.4. The van der Waals surface area contributed by atoms with Gasteiger partial charge >= 0.3 is 11.9 Å². The van der Waals surface area contributed by atoms with Crippen molar-refractivity contribution in [1.82, 2.24) is 0 Å². The van der Waals surface area contributed by atoms with Crippen LogP contribution in [0.25, 0.3) is 0 Å². The molecule has 2 aliphatic heterocycles. The molecule has 2 heterocycles. The van der Waals surface area contributed by atoms with E-state index in [1.807, 2.05) is 56.3 Å². The van der Waals surface area contributed by atoms with Crippen molar-refractivity contribution in [2.75, 3.05) is 36.2 Å². The number of ether oxygens (including phenoxy) is 3. The summed E-state index contributed by atoms with van der Waals surface area (Å²) in [6.07, 6.45) is 0. The summed E-state index contributed by atoms with van der Waals surface area (Å²) in [5, 5.41) is 11.4. The van der Waals surface area contributed by atoms with Gasteiger partial charge in [0, 0.05) is 54.5 Å². The Morgan fingerprint density at radius 3 is 2.28 bits per heavy atom. The lowest BCUT2D eigenvalue weighted by molar-refractivity contribution is -0.140. The molecule has 0 radical (unpaired) electrons. The van der Waals surface area contributed by atoms with Gasteiger partial charge in [-0.3, -0.25) is 15.1 Å². The molecule has 2 aliphatic rings. The van der Waals surface area contributed by atoms with Crippen LogP contribution in [0.15, 0.2) is 60.7 Å². The molecule has 186 valence electrons. The lowest BCUT2D eigenvalue weighted by atomic mass is 9.77. The first-order valence-electron chi connectivity index (χ1n) is 12.0. The zero-order chi connectivity index (χ0) is 25.4. The summed E-state index contributed by atoms with van der Waals surface area (Å²) in [6, 6.07) is 18.6. The van der Waals surface area contributed by atoms with E-state index in [0.717, 1.165) is 21.9 Å². The standard InChI is InChI=1S/C28H28N2O6/c1-4-29(14-15-34-18(3)31)19-10-12-23-25(16-19)35-26-17-20(30(33)5-2)11-13-24(26)28(23)22-9-7-6-8-21(22)27(32)36-28/h6-13,16-17,33H,4-5,14-15H2,1-3H3. The molecule has 0 aromatic heterocycles. The Balaban J connectivity index is 1.65. The van der Waals surface area contributed by atoms with E-state index < -0.39 is 11.6 Å².